The summed E-state index contributed by atoms with van der Waals surface area (Å²) in [7, 11) is 0. The van der Waals surface area contributed by atoms with Crippen molar-refractivity contribution in [1.29, 1.82) is 0 Å². The van der Waals surface area contributed by atoms with Crippen molar-refractivity contribution in [3.05, 3.63) is 57.8 Å². The topological polar surface area (TPSA) is 28.5 Å². The minimum atomic E-state index is -0.331. The molecule has 0 N–H and O–H groups in total. The molecule has 2 aromatic carbocycles. The molecule has 0 bridgehead atoms. The van der Waals surface area contributed by atoms with Crippen LogP contribution in [-0.4, -0.2) is 41.4 Å². The first-order chi connectivity index (χ1) is 13.0. The van der Waals surface area contributed by atoms with Crippen LogP contribution in [0.4, 0.5) is 10.1 Å². The smallest absolute Gasteiger partial charge is 0.163 e. The van der Waals surface area contributed by atoms with Crippen LogP contribution in [0.5, 0.6) is 0 Å². The summed E-state index contributed by atoms with van der Waals surface area (Å²) in [5.74, 6) is -0.452. The number of carbonyl (C=O) groups is 1. The van der Waals surface area contributed by atoms with Crippen LogP contribution in [0.1, 0.15) is 17.3 Å². The molecular weight excluding hydrogens is 381 g/mol. The van der Waals surface area contributed by atoms with E-state index in [1.54, 1.807) is 23.5 Å². The van der Waals surface area contributed by atoms with E-state index in [2.05, 4.69) is 21.6 Å². The van der Waals surface area contributed by atoms with Crippen molar-refractivity contribution in [2.24, 2.45) is 0 Å². The minimum absolute atomic E-state index is 0.120. The summed E-state index contributed by atoms with van der Waals surface area (Å²) < 4.78 is 18.7. The Morgan fingerprint density at radius 1 is 1.15 bits per heavy atom. The summed E-state index contributed by atoms with van der Waals surface area (Å²) in [6.45, 7) is 5.35. The molecule has 140 valence electrons. The zero-order chi connectivity index (χ0) is 19.0. The third-order valence-corrected chi connectivity index (χ3v) is 6.41. The van der Waals surface area contributed by atoms with Gasteiger partial charge in [-0.1, -0.05) is 12.1 Å². The summed E-state index contributed by atoms with van der Waals surface area (Å²) in [4.78, 5) is 15.8. The summed E-state index contributed by atoms with van der Waals surface area (Å²) in [6, 6.07) is 13.0. The van der Waals surface area contributed by atoms with E-state index in [4.69, 9.17) is 12.2 Å². The summed E-state index contributed by atoms with van der Waals surface area (Å²) in [5.41, 5.74) is 2.15. The lowest BCUT2D eigenvalue weighted by atomic mass is 10.1. The van der Waals surface area contributed by atoms with E-state index in [-0.39, 0.29) is 11.6 Å². The van der Waals surface area contributed by atoms with E-state index >= 15 is 0 Å². The van der Waals surface area contributed by atoms with Crippen molar-refractivity contribution in [2.45, 2.75) is 13.6 Å². The molecular formula is C20H20FN3OS2. The number of rotatable bonds is 4. The Bertz CT molecular complexity index is 1050. The van der Waals surface area contributed by atoms with Crippen LogP contribution >= 0.6 is 23.6 Å². The Balaban J connectivity index is 1.45. The van der Waals surface area contributed by atoms with E-state index in [1.807, 2.05) is 17.0 Å². The van der Waals surface area contributed by atoms with Crippen LogP contribution in [-0.2, 0) is 6.67 Å². The van der Waals surface area contributed by atoms with Crippen molar-refractivity contribution in [3.63, 3.8) is 0 Å². The number of hydrogen-bond donors (Lipinski definition) is 0. The number of anilines is 1. The number of nitrogens with zero attached hydrogens (tertiary/aromatic N) is 3. The molecule has 4 nitrogen and oxygen atoms in total. The first kappa shape index (κ1) is 18.3. The Kier molecular flexibility index (Phi) is 5.08. The highest BCUT2D eigenvalue weighted by atomic mass is 32.1. The van der Waals surface area contributed by atoms with E-state index in [0.717, 1.165) is 36.8 Å². The number of thiazole rings is 1. The molecule has 0 spiro atoms. The molecule has 0 radical (unpaired) electrons. The standard InChI is InChI=1S/C20H20FN3OS2/c1-14(25)15-6-7-17(16(21)12-15)23-10-8-22(9-11-23)13-24-18-4-2-3-5-19(18)27-20(24)26/h2-7,12H,8-11,13H2,1H3. The molecule has 0 amide bonds. The number of para-hydroxylation sites is 1. The second kappa shape index (κ2) is 7.50. The van der Waals surface area contributed by atoms with Crippen molar-refractivity contribution in [3.8, 4) is 0 Å². The van der Waals surface area contributed by atoms with Crippen LogP contribution in [0.2, 0.25) is 0 Å². The van der Waals surface area contributed by atoms with Crippen LogP contribution in [0.3, 0.4) is 0 Å². The van der Waals surface area contributed by atoms with E-state index in [1.165, 1.54) is 23.2 Å². The average Bonchev–Trinajstić information content (AvgIpc) is 2.98. The SMILES string of the molecule is CC(=O)c1ccc(N2CCN(Cn3c(=S)sc4ccccc43)CC2)c(F)c1. The fourth-order valence-corrected chi connectivity index (χ4v) is 4.77. The molecule has 0 aliphatic carbocycles. The molecule has 1 aliphatic rings. The Labute approximate surface area is 166 Å². The van der Waals surface area contributed by atoms with Gasteiger partial charge in [0.05, 0.1) is 22.6 Å². The van der Waals surface area contributed by atoms with Gasteiger partial charge in [0.15, 0.2) is 9.74 Å². The monoisotopic (exact) mass is 401 g/mol. The molecule has 3 aromatic rings. The van der Waals surface area contributed by atoms with Crippen LogP contribution in [0.25, 0.3) is 10.2 Å². The van der Waals surface area contributed by atoms with Crippen molar-refractivity contribution in [2.75, 3.05) is 31.1 Å². The van der Waals surface area contributed by atoms with E-state index in [0.29, 0.717) is 11.3 Å². The van der Waals surface area contributed by atoms with Crippen LogP contribution in [0, 0.1) is 9.77 Å². The van der Waals surface area contributed by atoms with E-state index in [9.17, 15) is 9.18 Å². The first-order valence-corrected chi connectivity index (χ1v) is 10.1. The molecule has 1 aromatic heterocycles. The van der Waals surface area contributed by atoms with Crippen LogP contribution in [0.15, 0.2) is 42.5 Å². The van der Waals surface area contributed by atoms with Gasteiger partial charge in [0.25, 0.3) is 0 Å². The third kappa shape index (κ3) is 3.67. The molecule has 4 rings (SSSR count). The van der Waals surface area contributed by atoms with Gasteiger partial charge in [-0.05, 0) is 49.5 Å². The van der Waals surface area contributed by atoms with Crippen molar-refractivity contribution in [1.82, 2.24) is 9.47 Å². The predicted molar refractivity (Wildman–Crippen MR) is 111 cm³/mol. The largest absolute Gasteiger partial charge is 0.367 e. The number of halogens is 1. The number of ketones is 1. The maximum Gasteiger partial charge on any atom is 0.163 e. The number of piperazine rings is 1. The molecule has 1 aliphatic heterocycles. The predicted octanol–water partition coefficient (Wildman–Crippen LogP) is 4.55. The first-order valence-electron chi connectivity index (χ1n) is 8.89. The second-order valence-electron chi connectivity index (χ2n) is 6.73. The molecule has 0 unspecified atom stereocenters. The maximum absolute atomic E-state index is 14.4. The van der Waals surface area contributed by atoms with Gasteiger partial charge in [-0.15, -0.1) is 11.3 Å². The Morgan fingerprint density at radius 3 is 2.59 bits per heavy atom. The van der Waals surface area contributed by atoms with Gasteiger partial charge in [-0.25, -0.2) is 4.39 Å². The summed E-state index contributed by atoms with van der Waals surface area (Å²) in [5, 5.41) is 0. The molecule has 7 heteroatoms. The number of benzene rings is 2. The second-order valence-corrected chi connectivity index (χ2v) is 8.41. The maximum atomic E-state index is 14.4. The molecule has 27 heavy (non-hydrogen) atoms. The van der Waals surface area contributed by atoms with Gasteiger partial charge >= 0.3 is 0 Å². The molecule has 1 fully saturated rings. The molecule has 0 atom stereocenters. The van der Waals surface area contributed by atoms with Gasteiger partial charge in [-0.2, -0.15) is 0 Å². The summed E-state index contributed by atoms with van der Waals surface area (Å²) >= 11 is 7.17. The molecule has 2 heterocycles. The number of fused-ring (bicyclic) bond motifs is 1. The van der Waals surface area contributed by atoms with Crippen LogP contribution < -0.4 is 4.90 Å². The number of carbonyl (C=O) groups excluding carboxylic acids is 1. The number of aromatic nitrogens is 1. The Hall–Kier alpha value is -2.09. The lowest BCUT2D eigenvalue weighted by Gasteiger charge is -2.36. The lowest BCUT2D eigenvalue weighted by molar-refractivity contribution is 0.101. The zero-order valence-corrected chi connectivity index (χ0v) is 16.7. The zero-order valence-electron chi connectivity index (χ0n) is 15.0. The fourth-order valence-electron chi connectivity index (χ4n) is 3.46. The Morgan fingerprint density at radius 2 is 1.89 bits per heavy atom. The minimum Gasteiger partial charge on any atom is -0.367 e. The third-order valence-electron chi connectivity index (χ3n) is 4.98. The highest BCUT2D eigenvalue weighted by Gasteiger charge is 2.21. The number of hydrogen-bond acceptors (Lipinski definition) is 5. The fraction of sp³-hybridized carbons (Fsp3) is 0.300. The highest BCUT2D eigenvalue weighted by molar-refractivity contribution is 7.73. The highest BCUT2D eigenvalue weighted by Crippen LogP contribution is 2.25. The number of Topliss-reactive ketones (excluding diaryl/α,β-unsaturated/α-hetero) is 1. The van der Waals surface area contributed by atoms with Gasteiger partial charge in [0.1, 0.15) is 5.82 Å². The molecule has 0 saturated carbocycles. The average molecular weight is 402 g/mol. The lowest BCUT2D eigenvalue weighted by Crippen LogP contribution is -2.47. The van der Waals surface area contributed by atoms with Crippen molar-refractivity contribution < 1.29 is 9.18 Å². The molecule has 1 saturated heterocycles. The van der Waals surface area contributed by atoms with Gasteiger partial charge in [-0.3, -0.25) is 9.69 Å². The quantitative estimate of drug-likeness (QED) is 0.474. The van der Waals surface area contributed by atoms with Gasteiger partial charge < -0.3 is 9.47 Å². The van der Waals surface area contributed by atoms with Gasteiger partial charge in [0, 0.05) is 31.7 Å². The van der Waals surface area contributed by atoms with Crippen molar-refractivity contribution >= 4 is 45.2 Å². The normalized spacial score (nSPS) is 15.4. The van der Waals surface area contributed by atoms with Gasteiger partial charge in [0.2, 0.25) is 0 Å². The summed E-state index contributed by atoms with van der Waals surface area (Å²) in [6.07, 6.45) is 0. The van der Waals surface area contributed by atoms with E-state index < -0.39 is 0 Å².